The Morgan fingerprint density at radius 1 is 0.425 bits per heavy atom. The fourth-order valence-corrected chi connectivity index (χ4v) is 14.5. The molecule has 0 amide bonds. The van der Waals surface area contributed by atoms with Crippen molar-refractivity contribution in [3.05, 3.63) is 274 Å². The molecule has 1 atom stereocenters. The lowest BCUT2D eigenvalue weighted by molar-refractivity contribution is 0.436. The molecule has 0 N–H and O–H groups in total. The van der Waals surface area contributed by atoms with Crippen LogP contribution in [0.2, 0.25) is 0 Å². The average molecular weight is 960 g/mol. The van der Waals surface area contributed by atoms with Gasteiger partial charge >= 0.3 is 0 Å². The van der Waals surface area contributed by atoms with Gasteiger partial charge < -0.3 is 9.64 Å². The second kappa shape index (κ2) is 16.0. The minimum Gasteiger partial charge on any atom is -0.457 e. The number of allylic oxidation sites excluding steroid dienone is 4. The van der Waals surface area contributed by atoms with Crippen molar-refractivity contribution in [2.45, 2.75) is 80.4 Å². The number of hydrogen-bond donors (Lipinski definition) is 0. The molecular weight excluding hydrogens is 903 g/mol. The van der Waals surface area contributed by atoms with Gasteiger partial charge in [0.2, 0.25) is 0 Å². The van der Waals surface area contributed by atoms with E-state index in [1.165, 1.54) is 87.7 Å². The van der Waals surface area contributed by atoms with Crippen molar-refractivity contribution in [3.63, 3.8) is 0 Å². The monoisotopic (exact) mass is 959 g/mol. The summed E-state index contributed by atoms with van der Waals surface area (Å²) in [5.74, 6) is 1.79. The average Bonchev–Trinajstić information content (AvgIpc) is 3.86. The molecule has 354 valence electrons. The first-order valence-electron chi connectivity index (χ1n) is 26.0. The van der Waals surface area contributed by atoms with Gasteiger partial charge in [0.1, 0.15) is 11.5 Å². The number of para-hydroxylation sites is 3. The third-order valence-corrected chi connectivity index (χ3v) is 17.9. The van der Waals surface area contributed by atoms with Crippen LogP contribution < -0.4 is 9.64 Å². The molecule has 2 heterocycles. The molecule has 0 aromatic heterocycles. The van der Waals surface area contributed by atoms with Gasteiger partial charge in [-0.1, -0.05) is 217 Å². The number of fused-ring (bicyclic) bond motifs is 17. The van der Waals surface area contributed by atoms with Crippen molar-refractivity contribution in [1.82, 2.24) is 0 Å². The molecule has 0 bridgehead atoms. The molecule has 14 rings (SSSR count). The van der Waals surface area contributed by atoms with Crippen molar-refractivity contribution in [1.29, 1.82) is 0 Å². The molecule has 0 saturated carbocycles. The van der Waals surface area contributed by atoms with Gasteiger partial charge in [0, 0.05) is 37.9 Å². The van der Waals surface area contributed by atoms with E-state index in [1.807, 2.05) is 11.8 Å². The van der Waals surface area contributed by atoms with Crippen LogP contribution in [0.1, 0.15) is 104 Å². The Hall–Kier alpha value is -7.59. The highest BCUT2D eigenvalue weighted by Gasteiger charge is 2.54. The minimum absolute atomic E-state index is 0.0344. The summed E-state index contributed by atoms with van der Waals surface area (Å²) in [6, 6.07) is 77.7. The first kappa shape index (κ1) is 44.1. The molecule has 3 heteroatoms. The van der Waals surface area contributed by atoms with E-state index in [4.69, 9.17) is 4.74 Å². The zero-order valence-corrected chi connectivity index (χ0v) is 43.2. The maximum Gasteiger partial charge on any atom is 0.132 e. The van der Waals surface area contributed by atoms with Gasteiger partial charge in [-0.05, 0) is 145 Å². The topological polar surface area (TPSA) is 12.5 Å². The van der Waals surface area contributed by atoms with Gasteiger partial charge in [0.25, 0.3) is 0 Å². The fourth-order valence-electron chi connectivity index (χ4n) is 13.4. The number of anilines is 3. The first-order valence-corrected chi connectivity index (χ1v) is 26.8. The Labute approximate surface area is 434 Å². The van der Waals surface area contributed by atoms with Gasteiger partial charge in [-0.3, -0.25) is 0 Å². The SMILES string of the molecule is CC(C)(C)C1=CC2=C(CC1)c1ccc(C(C)(C)C)cc1C21c2ccccc2Sc2ccc(N(c3ccc4c(c3)C3(c5ccccc5Oc5ccccc53)c3ccccc3-4)c3ccccc3-c3ccccc3)cc21. The summed E-state index contributed by atoms with van der Waals surface area (Å²) in [7, 11) is 0. The maximum absolute atomic E-state index is 6.79. The number of rotatable bonds is 4. The van der Waals surface area contributed by atoms with E-state index in [0.29, 0.717) is 0 Å². The summed E-state index contributed by atoms with van der Waals surface area (Å²) in [5, 5.41) is 0. The molecule has 2 nitrogen and oxygen atoms in total. The van der Waals surface area contributed by atoms with Crippen LogP contribution in [0.15, 0.2) is 233 Å². The molecular formula is C70H57NOS. The Balaban J connectivity index is 1.07. The van der Waals surface area contributed by atoms with Crippen LogP contribution in [0.3, 0.4) is 0 Å². The Morgan fingerprint density at radius 3 is 1.71 bits per heavy atom. The van der Waals surface area contributed by atoms with Crippen LogP contribution in [-0.2, 0) is 16.2 Å². The quantitative estimate of drug-likeness (QED) is 0.174. The first-order chi connectivity index (χ1) is 35.5. The Bertz CT molecular complexity index is 3800. The summed E-state index contributed by atoms with van der Waals surface area (Å²) < 4.78 is 6.79. The second-order valence-electron chi connectivity index (χ2n) is 22.7. The Morgan fingerprint density at radius 2 is 0.986 bits per heavy atom. The highest BCUT2D eigenvalue weighted by molar-refractivity contribution is 7.99. The number of nitrogens with zero attached hydrogens (tertiary/aromatic N) is 1. The largest absolute Gasteiger partial charge is 0.457 e. The molecule has 1 unspecified atom stereocenters. The molecule has 9 aromatic carbocycles. The van der Waals surface area contributed by atoms with E-state index in [9.17, 15) is 0 Å². The van der Waals surface area contributed by atoms with Crippen molar-refractivity contribution < 1.29 is 4.74 Å². The smallest absolute Gasteiger partial charge is 0.132 e. The summed E-state index contributed by atoms with van der Waals surface area (Å²) in [5.41, 5.74) is 23.2. The van der Waals surface area contributed by atoms with E-state index in [1.54, 1.807) is 0 Å². The van der Waals surface area contributed by atoms with Crippen molar-refractivity contribution in [2.24, 2.45) is 5.41 Å². The van der Waals surface area contributed by atoms with Gasteiger partial charge in [0.05, 0.1) is 16.5 Å². The van der Waals surface area contributed by atoms with E-state index in [2.05, 4.69) is 259 Å². The molecule has 2 spiro atoms. The maximum atomic E-state index is 6.79. The lowest BCUT2D eigenvalue weighted by atomic mass is 9.64. The molecule has 73 heavy (non-hydrogen) atoms. The van der Waals surface area contributed by atoms with Gasteiger partial charge in [-0.15, -0.1) is 0 Å². The van der Waals surface area contributed by atoms with Crippen LogP contribution in [0.25, 0.3) is 27.8 Å². The molecule has 9 aromatic rings. The zero-order chi connectivity index (χ0) is 49.4. The molecule has 5 aliphatic rings. The lowest BCUT2D eigenvalue weighted by Gasteiger charge is -2.43. The van der Waals surface area contributed by atoms with Crippen molar-refractivity contribution in [3.8, 4) is 33.8 Å². The molecule has 0 radical (unpaired) electrons. The molecule has 0 fully saturated rings. The molecule has 0 saturated heterocycles. The van der Waals surface area contributed by atoms with Gasteiger partial charge in [-0.25, -0.2) is 0 Å². The van der Waals surface area contributed by atoms with E-state index >= 15 is 0 Å². The molecule has 3 aliphatic carbocycles. The van der Waals surface area contributed by atoms with Crippen molar-refractivity contribution in [2.75, 3.05) is 4.90 Å². The number of benzene rings is 9. The summed E-state index contributed by atoms with van der Waals surface area (Å²) in [4.78, 5) is 5.19. The zero-order valence-electron chi connectivity index (χ0n) is 42.4. The second-order valence-corrected chi connectivity index (χ2v) is 23.8. The fraction of sp³-hybridized carbons (Fsp3) is 0.171. The van der Waals surface area contributed by atoms with Gasteiger partial charge in [0.15, 0.2) is 0 Å². The lowest BCUT2D eigenvalue weighted by Crippen LogP contribution is -2.34. The number of ether oxygens (including phenoxy) is 1. The van der Waals surface area contributed by atoms with E-state index in [-0.39, 0.29) is 10.8 Å². The van der Waals surface area contributed by atoms with E-state index < -0.39 is 10.8 Å². The predicted octanol–water partition coefficient (Wildman–Crippen LogP) is 18.9. The minimum atomic E-state index is -0.614. The summed E-state index contributed by atoms with van der Waals surface area (Å²) >= 11 is 1.92. The van der Waals surface area contributed by atoms with Crippen LogP contribution in [0.5, 0.6) is 11.5 Å². The predicted molar refractivity (Wildman–Crippen MR) is 303 cm³/mol. The summed E-state index contributed by atoms with van der Waals surface area (Å²) in [6.45, 7) is 14.3. The third kappa shape index (κ3) is 6.31. The third-order valence-electron chi connectivity index (χ3n) is 16.7. The van der Waals surface area contributed by atoms with Crippen LogP contribution in [-0.4, -0.2) is 0 Å². The van der Waals surface area contributed by atoms with Crippen LogP contribution >= 0.6 is 11.8 Å². The molecule has 2 aliphatic heterocycles. The van der Waals surface area contributed by atoms with Crippen LogP contribution in [0.4, 0.5) is 17.1 Å². The van der Waals surface area contributed by atoms with Gasteiger partial charge in [-0.2, -0.15) is 0 Å². The van der Waals surface area contributed by atoms with Crippen molar-refractivity contribution >= 4 is 34.4 Å². The highest BCUT2D eigenvalue weighted by Crippen LogP contribution is 2.66. The summed E-state index contributed by atoms with van der Waals surface area (Å²) in [6.07, 6.45) is 4.74. The number of hydrogen-bond acceptors (Lipinski definition) is 3. The van der Waals surface area contributed by atoms with Crippen LogP contribution in [0, 0.1) is 5.41 Å². The normalized spacial score (nSPS) is 17.3. The highest BCUT2D eigenvalue weighted by atomic mass is 32.2. The van der Waals surface area contributed by atoms with E-state index in [0.717, 1.165) is 52.5 Å². The standard InChI is InChI=1S/C70H57NOS/c1-67(2,3)45-32-36-51-52-37-33-46(68(4,5)6)41-59(52)70(58(51)40-45)57-27-15-19-31-65(57)73-66-39-35-48(43-61(66)70)71(62-28-16-11-22-49(62)44-20-8-7-9-21-44)47-34-38-53-50-23-10-12-24-54(50)69(60(53)42-47)55-25-13-17-29-63(55)72-64-30-18-14-26-56(64)69/h7-32,34-36,38-43H,33,37H2,1-6H3. The Kier molecular flexibility index (Phi) is 9.65.